The smallest absolute Gasteiger partial charge is 0.244 e. The van der Waals surface area contributed by atoms with Crippen LogP contribution >= 0.6 is 11.6 Å². The number of hydrogen-bond acceptors (Lipinski definition) is 5. The topological polar surface area (TPSA) is 67.4 Å². The van der Waals surface area contributed by atoms with Crippen molar-refractivity contribution >= 4 is 23.3 Å². The van der Waals surface area contributed by atoms with Gasteiger partial charge in [0.25, 0.3) is 0 Å². The molecule has 1 amide bonds. The van der Waals surface area contributed by atoms with Gasteiger partial charge in [0, 0.05) is 13.1 Å². The number of carbonyl (C=O) groups excluding carboxylic acids is 1. The van der Waals surface area contributed by atoms with Crippen LogP contribution in [-0.4, -0.2) is 53.3 Å². The Labute approximate surface area is 110 Å². The molecule has 1 saturated heterocycles. The minimum atomic E-state index is -0.349. The third kappa shape index (κ3) is 3.30. The van der Waals surface area contributed by atoms with Gasteiger partial charge in [0.1, 0.15) is 11.9 Å². The predicted octanol–water partition coefficient (Wildman–Crippen LogP) is 0.789. The first kappa shape index (κ1) is 13.0. The molecule has 0 radical (unpaired) electrons. The van der Waals surface area contributed by atoms with Gasteiger partial charge in [-0.25, -0.2) is 0 Å². The van der Waals surface area contributed by atoms with E-state index in [1.807, 2.05) is 0 Å². The summed E-state index contributed by atoms with van der Waals surface area (Å²) in [5.74, 6) is 0.573. The predicted molar refractivity (Wildman–Crippen MR) is 67.5 cm³/mol. The SMILES string of the molecule is CC(Nc1ccc(Cl)nn1)C(=O)N1CCOCC1. The number of rotatable bonds is 3. The van der Waals surface area contributed by atoms with Crippen molar-refractivity contribution in [3.63, 3.8) is 0 Å². The van der Waals surface area contributed by atoms with Gasteiger partial charge in [0.2, 0.25) is 5.91 Å². The molecule has 0 bridgehead atoms. The zero-order valence-corrected chi connectivity index (χ0v) is 10.9. The lowest BCUT2D eigenvalue weighted by atomic mass is 10.2. The van der Waals surface area contributed by atoms with Crippen LogP contribution in [0.3, 0.4) is 0 Å². The van der Waals surface area contributed by atoms with Crippen LogP contribution in [0.5, 0.6) is 0 Å². The molecule has 0 aliphatic carbocycles. The molecule has 1 aromatic heterocycles. The van der Waals surface area contributed by atoms with Gasteiger partial charge in [-0.2, -0.15) is 0 Å². The number of morpholine rings is 1. The van der Waals surface area contributed by atoms with Crippen LogP contribution in [0.2, 0.25) is 5.15 Å². The summed E-state index contributed by atoms with van der Waals surface area (Å²) in [6, 6.07) is 2.97. The van der Waals surface area contributed by atoms with E-state index in [1.54, 1.807) is 24.0 Å². The van der Waals surface area contributed by atoms with E-state index in [9.17, 15) is 4.79 Å². The number of halogens is 1. The fraction of sp³-hybridized carbons (Fsp3) is 0.545. The van der Waals surface area contributed by atoms with Gasteiger partial charge in [0.05, 0.1) is 13.2 Å². The first-order valence-corrected chi connectivity index (χ1v) is 6.17. The molecule has 1 aliphatic heterocycles. The highest BCUT2D eigenvalue weighted by atomic mass is 35.5. The van der Waals surface area contributed by atoms with Crippen LogP contribution in [0.15, 0.2) is 12.1 Å². The number of ether oxygens (including phenoxy) is 1. The minimum absolute atomic E-state index is 0.0371. The van der Waals surface area contributed by atoms with Crippen molar-refractivity contribution in [1.29, 1.82) is 0 Å². The van der Waals surface area contributed by atoms with E-state index in [1.165, 1.54) is 0 Å². The molecule has 2 heterocycles. The van der Waals surface area contributed by atoms with Gasteiger partial charge in [-0.3, -0.25) is 4.79 Å². The summed E-state index contributed by atoms with van der Waals surface area (Å²) >= 11 is 5.64. The van der Waals surface area contributed by atoms with Crippen LogP contribution in [0.1, 0.15) is 6.92 Å². The molecule has 1 aliphatic rings. The molecule has 1 atom stereocenters. The van der Waals surface area contributed by atoms with E-state index in [-0.39, 0.29) is 11.9 Å². The standard InChI is InChI=1S/C11H15ClN4O2/c1-8(11(17)16-4-6-18-7-5-16)13-10-3-2-9(12)14-15-10/h2-3,8H,4-7H2,1H3,(H,13,15). The van der Waals surface area contributed by atoms with Crippen molar-refractivity contribution in [2.45, 2.75) is 13.0 Å². The van der Waals surface area contributed by atoms with E-state index >= 15 is 0 Å². The van der Waals surface area contributed by atoms with Gasteiger partial charge < -0.3 is 15.0 Å². The second kappa shape index (κ2) is 5.97. The Bertz CT molecular complexity index is 406. The number of carbonyl (C=O) groups is 1. The van der Waals surface area contributed by atoms with E-state index in [0.717, 1.165) is 0 Å². The van der Waals surface area contributed by atoms with Crippen LogP contribution in [0.4, 0.5) is 5.82 Å². The zero-order valence-electron chi connectivity index (χ0n) is 10.1. The lowest BCUT2D eigenvalue weighted by Gasteiger charge is -2.29. The Kier molecular flexibility index (Phi) is 4.33. The highest BCUT2D eigenvalue weighted by Crippen LogP contribution is 2.09. The largest absolute Gasteiger partial charge is 0.378 e. The highest BCUT2D eigenvalue weighted by Gasteiger charge is 2.22. The van der Waals surface area contributed by atoms with Crippen molar-refractivity contribution in [3.05, 3.63) is 17.3 Å². The average molecular weight is 271 g/mol. The molecule has 6 nitrogen and oxygen atoms in total. The number of amides is 1. The molecule has 1 N–H and O–H groups in total. The van der Waals surface area contributed by atoms with Crippen LogP contribution in [0.25, 0.3) is 0 Å². The van der Waals surface area contributed by atoms with Crippen molar-refractivity contribution in [1.82, 2.24) is 15.1 Å². The first-order valence-electron chi connectivity index (χ1n) is 5.79. The van der Waals surface area contributed by atoms with E-state index in [0.29, 0.717) is 37.3 Å². The Morgan fingerprint density at radius 2 is 2.17 bits per heavy atom. The van der Waals surface area contributed by atoms with E-state index in [4.69, 9.17) is 16.3 Å². The van der Waals surface area contributed by atoms with Crippen molar-refractivity contribution in [3.8, 4) is 0 Å². The number of aromatic nitrogens is 2. The molecule has 7 heteroatoms. The highest BCUT2D eigenvalue weighted by molar-refractivity contribution is 6.29. The number of nitrogens with one attached hydrogen (secondary N) is 1. The maximum atomic E-state index is 12.1. The summed E-state index contributed by atoms with van der Waals surface area (Å²) in [5.41, 5.74) is 0. The molecule has 1 fully saturated rings. The van der Waals surface area contributed by atoms with Crippen LogP contribution in [0, 0.1) is 0 Å². The summed E-state index contributed by atoms with van der Waals surface area (Å²) < 4.78 is 5.21. The van der Waals surface area contributed by atoms with Gasteiger partial charge in [-0.05, 0) is 19.1 Å². The van der Waals surface area contributed by atoms with Gasteiger partial charge in [-0.15, -0.1) is 10.2 Å². The normalized spacial score (nSPS) is 17.3. The second-order valence-corrected chi connectivity index (χ2v) is 4.43. The van der Waals surface area contributed by atoms with Crippen molar-refractivity contribution in [2.24, 2.45) is 0 Å². The number of anilines is 1. The summed E-state index contributed by atoms with van der Waals surface area (Å²) in [5, 5.41) is 10.9. The molecule has 0 saturated carbocycles. The summed E-state index contributed by atoms with van der Waals surface area (Å²) in [6.45, 7) is 4.26. The Morgan fingerprint density at radius 1 is 1.44 bits per heavy atom. The van der Waals surface area contributed by atoms with Crippen LogP contribution < -0.4 is 5.32 Å². The summed E-state index contributed by atoms with van der Waals surface area (Å²) in [7, 11) is 0. The lowest BCUT2D eigenvalue weighted by molar-refractivity contribution is -0.135. The number of hydrogen-bond donors (Lipinski definition) is 1. The van der Waals surface area contributed by atoms with E-state index < -0.39 is 0 Å². The van der Waals surface area contributed by atoms with Gasteiger partial charge >= 0.3 is 0 Å². The minimum Gasteiger partial charge on any atom is -0.378 e. The van der Waals surface area contributed by atoms with E-state index in [2.05, 4.69) is 15.5 Å². The average Bonchev–Trinajstić information content (AvgIpc) is 2.41. The quantitative estimate of drug-likeness (QED) is 0.880. The fourth-order valence-corrected chi connectivity index (χ4v) is 1.83. The zero-order chi connectivity index (χ0) is 13.0. The molecule has 1 unspecified atom stereocenters. The Morgan fingerprint density at radius 3 is 2.78 bits per heavy atom. The van der Waals surface area contributed by atoms with Crippen molar-refractivity contribution in [2.75, 3.05) is 31.6 Å². The summed E-state index contributed by atoms with van der Waals surface area (Å²) in [6.07, 6.45) is 0. The molecular formula is C11H15ClN4O2. The monoisotopic (exact) mass is 270 g/mol. The third-order valence-corrected chi connectivity index (χ3v) is 2.89. The molecule has 18 heavy (non-hydrogen) atoms. The molecule has 1 aromatic rings. The second-order valence-electron chi connectivity index (χ2n) is 4.04. The molecule has 0 spiro atoms. The molecular weight excluding hydrogens is 256 g/mol. The molecule has 2 rings (SSSR count). The first-order chi connectivity index (χ1) is 8.66. The van der Waals surface area contributed by atoms with Gasteiger partial charge in [0.15, 0.2) is 5.15 Å². The van der Waals surface area contributed by atoms with Crippen molar-refractivity contribution < 1.29 is 9.53 Å². The Balaban J connectivity index is 1.92. The third-order valence-electron chi connectivity index (χ3n) is 2.69. The fourth-order valence-electron chi connectivity index (χ4n) is 1.73. The maximum Gasteiger partial charge on any atom is 0.244 e. The Hall–Kier alpha value is -1.40. The summed E-state index contributed by atoms with van der Waals surface area (Å²) in [4.78, 5) is 13.9. The molecule has 0 aromatic carbocycles. The number of nitrogens with zero attached hydrogens (tertiary/aromatic N) is 3. The maximum absolute atomic E-state index is 12.1. The van der Waals surface area contributed by atoms with Crippen LogP contribution in [-0.2, 0) is 9.53 Å². The lowest BCUT2D eigenvalue weighted by Crippen LogP contribution is -2.47. The molecule has 98 valence electrons. The van der Waals surface area contributed by atoms with Gasteiger partial charge in [-0.1, -0.05) is 11.6 Å².